The molecular weight excluding hydrogens is 157 g/mol. The Bertz CT molecular complexity index is 166. The molecule has 2 N–H and O–H groups in total. The van der Waals surface area contributed by atoms with E-state index in [-0.39, 0.29) is 12.4 Å². The summed E-state index contributed by atoms with van der Waals surface area (Å²) < 4.78 is 32.0. The molecule has 0 rings (SSSR count). The molecular formula is C5H12FNO2S. The summed E-state index contributed by atoms with van der Waals surface area (Å²) in [6.07, 6.45) is 1.48. The van der Waals surface area contributed by atoms with E-state index in [1.54, 1.807) is 0 Å². The van der Waals surface area contributed by atoms with E-state index in [0.29, 0.717) is 19.3 Å². The number of unbranched alkanes of at least 4 members (excludes halogenated alkanes) is 2. The Morgan fingerprint density at radius 3 is 2.20 bits per heavy atom. The van der Waals surface area contributed by atoms with Crippen LogP contribution in [0.1, 0.15) is 19.3 Å². The van der Waals surface area contributed by atoms with E-state index in [2.05, 4.69) is 0 Å². The number of halogens is 1. The van der Waals surface area contributed by atoms with Crippen LogP contribution >= 0.6 is 0 Å². The first-order valence-electron chi connectivity index (χ1n) is 3.12. The van der Waals surface area contributed by atoms with E-state index >= 15 is 0 Å². The first kappa shape index (κ1) is 9.84. The van der Waals surface area contributed by atoms with Crippen LogP contribution in [0.5, 0.6) is 0 Å². The third-order valence-corrected chi connectivity index (χ3v) is 1.92. The van der Waals surface area contributed by atoms with E-state index in [0.717, 1.165) is 0 Å². The van der Waals surface area contributed by atoms with Gasteiger partial charge in [-0.05, 0) is 19.3 Å². The average molecular weight is 169 g/mol. The Kier molecular flexibility index (Phi) is 4.55. The van der Waals surface area contributed by atoms with Crippen LogP contribution < -0.4 is 5.14 Å². The van der Waals surface area contributed by atoms with Gasteiger partial charge in [0.2, 0.25) is 10.0 Å². The van der Waals surface area contributed by atoms with Crippen LogP contribution in [-0.4, -0.2) is 20.8 Å². The Balaban J connectivity index is 3.21. The first-order chi connectivity index (χ1) is 4.56. The minimum Gasteiger partial charge on any atom is -0.251 e. The summed E-state index contributed by atoms with van der Waals surface area (Å²) in [5, 5.41) is 4.70. The van der Waals surface area contributed by atoms with Crippen molar-refractivity contribution in [3.05, 3.63) is 0 Å². The Hall–Kier alpha value is -0.160. The average Bonchev–Trinajstić information content (AvgIpc) is 1.78. The van der Waals surface area contributed by atoms with E-state index in [9.17, 15) is 12.8 Å². The van der Waals surface area contributed by atoms with E-state index < -0.39 is 10.0 Å². The third-order valence-electron chi connectivity index (χ3n) is 1.06. The van der Waals surface area contributed by atoms with Crippen LogP contribution in [0.4, 0.5) is 4.39 Å². The lowest BCUT2D eigenvalue weighted by Crippen LogP contribution is -2.16. The monoisotopic (exact) mass is 169 g/mol. The fourth-order valence-corrected chi connectivity index (χ4v) is 1.18. The van der Waals surface area contributed by atoms with Gasteiger partial charge < -0.3 is 0 Å². The van der Waals surface area contributed by atoms with Crippen molar-refractivity contribution in [1.29, 1.82) is 0 Å². The van der Waals surface area contributed by atoms with Crippen molar-refractivity contribution in [3.8, 4) is 0 Å². The van der Waals surface area contributed by atoms with Crippen molar-refractivity contribution in [2.75, 3.05) is 12.4 Å². The molecule has 0 amide bonds. The molecule has 0 aliphatic rings. The van der Waals surface area contributed by atoms with Crippen LogP contribution in [0.2, 0.25) is 0 Å². The standard InChI is InChI=1S/C5H12FNO2S/c6-4-2-1-3-5-10(7,8)9/h1-5H2,(H2,7,8,9). The fourth-order valence-electron chi connectivity index (χ4n) is 0.575. The predicted octanol–water partition coefficient (Wildman–Crippen LogP) is 0.415. The molecule has 0 atom stereocenters. The Morgan fingerprint density at radius 2 is 1.80 bits per heavy atom. The summed E-state index contributed by atoms with van der Waals surface area (Å²) in [5.41, 5.74) is 0. The maximum Gasteiger partial charge on any atom is 0.209 e. The molecule has 0 unspecified atom stereocenters. The quantitative estimate of drug-likeness (QED) is 0.606. The molecule has 0 spiro atoms. The van der Waals surface area contributed by atoms with Crippen LogP contribution in [0.15, 0.2) is 0 Å². The molecule has 0 saturated carbocycles. The molecule has 0 radical (unpaired) electrons. The van der Waals surface area contributed by atoms with Gasteiger partial charge in [0.05, 0.1) is 12.4 Å². The number of rotatable bonds is 5. The molecule has 0 bridgehead atoms. The van der Waals surface area contributed by atoms with Crippen LogP contribution in [-0.2, 0) is 10.0 Å². The van der Waals surface area contributed by atoms with E-state index in [1.807, 2.05) is 0 Å². The second-order valence-corrected chi connectivity index (χ2v) is 3.85. The van der Waals surface area contributed by atoms with E-state index in [4.69, 9.17) is 5.14 Å². The zero-order chi connectivity index (χ0) is 8.04. The van der Waals surface area contributed by atoms with Gasteiger partial charge in [-0.15, -0.1) is 0 Å². The second kappa shape index (κ2) is 4.62. The minimum absolute atomic E-state index is 0.0347. The van der Waals surface area contributed by atoms with Crippen molar-refractivity contribution in [2.24, 2.45) is 5.14 Å². The molecule has 0 fully saturated rings. The molecule has 0 aromatic carbocycles. The van der Waals surface area contributed by atoms with Gasteiger partial charge in [0.15, 0.2) is 0 Å². The second-order valence-electron chi connectivity index (χ2n) is 2.12. The molecule has 0 aliphatic heterocycles. The highest BCUT2D eigenvalue weighted by molar-refractivity contribution is 7.89. The number of sulfonamides is 1. The van der Waals surface area contributed by atoms with Crippen molar-refractivity contribution < 1.29 is 12.8 Å². The summed E-state index contributed by atoms with van der Waals surface area (Å²) in [7, 11) is -3.33. The Labute approximate surface area is 60.5 Å². The molecule has 62 valence electrons. The number of alkyl halides is 1. The maximum absolute atomic E-state index is 11.4. The molecule has 10 heavy (non-hydrogen) atoms. The molecule has 0 aromatic rings. The highest BCUT2D eigenvalue weighted by Gasteiger charge is 2.00. The summed E-state index contributed by atoms with van der Waals surface area (Å²) in [5.74, 6) is -0.0347. The lowest BCUT2D eigenvalue weighted by atomic mass is 10.3. The SMILES string of the molecule is NS(=O)(=O)CCCCCF. The van der Waals surface area contributed by atoms with Crippen molar-refractivity contribution in [1.82, 2.24) is 0 Å². The summed E-state index contributed by atoms with van der Waals surface area (Å²) >= 11 is 0. The number of primary sulfonamides is 1. The lowest BCUT2D eigenvalue weighted by molar-refractivity contribution is 0.459. The summed E-state index contributed by atoms with van der Waals surface area (Å²) in [6, 6.07) is 0. The van der Waals surface area contributed by atoms with Gasteiger partial charge in [0, 0.05) is 0 Å². The van der Waals surface area contributed by atoms with Gasteiger partial charge in [-0.25, -0.2) is 13.6 Å². The van der Waals surface area contributed by atoms with Crippen LogP contribution in [0.3, 0.4) is 0 Å². The van der Waals surface area contributed by atoms with Gasteiger partial charge in [0.25, 0.3) is 0 Å². The van der Waals surface area contributed by atoms with Crippen LogP contribution in [0.25, 0.3) is 0 Å². The molecule has 5 heteroatoms. The number of hydrogen-bond acceptors (Lipinski definition) is 2. The maximum atomic E-state index is 11.4. The fraction of sp³-hybridized carbons (Fsp3) is 1.00. The van der Waals surface area contributed by atoms with Crippen LogP contribution in [0, 0.1) is 0 Å². The largest absolute Gasteiger partial charge is 0.251 e. The van der Waals surface area contributed by atoms with Gasteiger partial charge in [0.1, 0.15) is 0 Å². The third kappa shape index (κ3) is 7.84. The number of hydrogen-bond donors (Lipinski definition) is 1. The Morgan fingerprint density at radius 1 is 1.20 bits per heavy atom. The predicted molar refractivity (Wildman–Crippen MR) is 37.8 cm³/mol. The zero-order valence-electron chi connectivity index (χ0n) is 5.72. The van der Waals surface area contributed by atoms with Gasteiger partial charge in [-0.1, -0.05) is 0 Å². The topological polar surface area (TPSA) is 60.2 Å². The van der Waals surface area contributed by atoms with E-state index in [1.165, 1.54) is 0 Å². The molecule has 0 saturated heterocycles. The molecule has 0 heterocycles. The van der Waals surface area contributed by atoms with Gasteiger partial charge >= 0.3 is 0 Å². The smallest absolute Gasteiger partial charge is 0.209 e. The molecule has 0 aliphatic carbocycles. The summed E-state index contributed by atoms with van der Waals surface area (Å²) in [4.78, 5) is 0. The molecule has 3 nitrogen and oxygen atoms in total. The van der Waals surface area contributed by atoms with Crippen molar-refractivity contribution in [3.63, 3.8) is 0 Å². The van der Waals surface area contributed by atoms with Crippen molar-refractivity contribution >= 4 is 10.0 Å². The van der Waals surface area contributed by atoms with Gasteiger partial charge in [-0.3, -0.25) is 4.39 Å². The highest BCUT2D eigenvalue weighted by Crippen LogP contribution is 1.96. The zero-order valence-corrected chi connectivity index (χ0v) is 6.53. The highest BCUT2D eigenvalue weighted by atomic mass is 32.2. The number of nitrogens with two attached hydrogens (primary N) is 1. The normalized spacial score (nSPS) is 11.8. The van der Waals surface area contributed by atoms with Crippen molar-refractivity contribution in [2.45, 2.75) is 19.3 Å². The van der Waals surface area contributed by atoms with Gasteiger partial charge in [-0.2, -0.15) is 0 Å². The summed E-state index contributed by atoms with van der Waals surface area (Å²) in [6.45, 7) is -0.384. The minimum atomic E-state index is -3.33. The molecule has 0 aromatic heterocycles. The first-order valence-corrected chi connectivity index (χ1v) is 4.84. The lowest BCUT2D eigenvalue weighted by Gasteiger charge is -1.95.